The lowest BCUT2D eigenvalue weighted by Gasteiger charge is -2.10. The van der Waals surface area contributed by atoms with E-state index in [1.807, 2.05) is 38.1 Å². The van der Waals surface area contributed by atoms with E-state index in [0.29, 0.717) is 11.6 Å². The van der Waals surface area contributed by atoms with Gasteiger partial charge in [-0.1, -0.05) is 17.7 Å². The highest BCUT2D eigenvalue weighted by Gasteiger charge is 2.12. The minimum absolute atomic E-state index is 0.0377. The molecule has 8 heteroatoms. The number of ether oxygens (including phenoxy) is 1. The molecule has 2 aromatic carbocycles. The minimum Gasteiger partial charge on any atom is -0.484 e. The second-order valence-corrected chi connectivity index (χ2v) is 6.01. The number of anilines is 1. The predicted molar refractivity (Wildman–Crippen MR) is 100 cm³/mol. The largest absolute Gasteiger partial charge is 0.484 e. The summed E-state index contributed by atoms with van der Waals surface area (Å²) >= 11 is 0. The lowest BCUT2D eigenvalue weighted by molar-refractivity contribution is -0.384. The molecule has 0 unspecified atom stereocenters. The topological polar surface area (TPSA) is 99.3 Å². The van der Waals surface area contributed by atoms with E-state index in [1.54, 1.807) is 10.7 Å². The van der Waals surface area contributed by atoms with Crippen LogP contribution in [0.4, 0.5) is 11.5 Å². The summed E-state index contributed by atoms with van der Waals surface area (Å²) in [6.45, 7) is 3.61. The highest BCUT2D eigenvalue weighted by atomic mass is 16.6. The number of benzene rings is 2. The number of hydrogen-bond donors (Lipinski definition) is 1. The summed E-state index contributed by atoms with van der Waals surface area (Å²) in [4.78, 5) is 22.4. The van der Waals surface area contributed by atoms with Crippen LogP contribution in [-0.4, -0.2) is 27.2 Å². The van der Waals surface area contributed by atoms with Crippen molar-refractivity contribution in [2.45, 2.75) is 13.8 Å². The average Bonchev–Trinajstić information content (AvgIpc) is 3.01. The lowest BCUT2D eigenvalue weighted by Crippen LogP contribution is -2.21. The van der Waals surface area contributed by atoms with E-state index >= 15 is 0 Å². The molecule has 0 aliphatic carbocycles. The maximum atomic E-state index is 12.2. The smallest absolute Gasteiger partial charge is 0.269 e. The molecular formula is C19H18N4O4. The van der Waals surface area contributed by atoms with E-state index in [1.165, 1.54) is 24.3 Å². The summed E-state index contributed by atoms with van der Waals surface area (Å²) in [5.41, 5.74) is 2.69. The van der Waals surface area contributed by atoms with Crippen molar-refractivity contribution in [3.63, 3.8) is 0 Å². The van der Waals surface area contributed by atoms with Crippen molar-refractivity contribution < 1.29 is 14.5 Å². The molecule has 0 aliphatic rings. The molecule has 0 fully saturated rings. The number of nitrogens with one attached hydrogen (secondary N) is 1. The first-order valence-corrected chi connectivity index (χ1v) is 8.23. The SMILES string of the molecule is Cc1ccc(-n2nc(C)cc2NC(=O)COc2ccc([N+](=O)[O-])cc2)cc1. The van der Waals surface area contributed by atoms with Gasteiger partial charge in [0, 0.05) is 18.2 Å². The molecule has 0 spiro atoms. The molecule has 0 saturated carbocycles. The molecule has 3 aromatic rings. The highest BCUT2D eigenvalue weighted by Crippen LogP contribution is 2.19. The van der Waals surface area contributed by atoms with Gasteiger partial charge in [0.25, 0.3) is 11.6 Å². The van der Waals surface area contributed by atoms with E-state index in [2.05, 4.69) is 10.4 Å². The standard InChI is InChI=1S/C19H18N4O4/c1-13-3-5-15(6-4-13)22-18(11-14(2)21-22)20-19(24)12-27-17-9-7-16(8-10-17)23(25)26/h3-11H,12H2,1-2H3,(H,20,24). The summed E-state index contributed by atoms with van der Waals surface area (Å²) in [5, 5.41) is 17.8. The Bertz CT molecular complexity index is 962. The van der Waals surface area contributed by atoms with Gasteiger partial charge >= 0.3 is 0 Å². The van der Waals surface area contributed by atoms with Crippen LogP contribution in [0.3, 0.4) is 0 Å². The summed E-state index contributed by atoms with van der Waals surface area (Å²) in [5.74, 6) is 0.550. The summed E-state index contributed by atoms with van der Waals surface area (Å²) < 4.78 is 7.03. The van der Waals surface area contributed by atoms with Crippen LogP contribution in [0.1, 0.15) is 11.3 Å². The van der Waals surface area contributed by atoms with E-state index < -0.39 is 4.92 Å². The fourth-order valence-electron chi connectivity index (χ4n) is 2.46. The molecule has 1 heterocycles. The van der Waals surface area contributed by atoms with Gasteiger partial charge in [-0.25, -0.2) is 4.68 Å². The van der Waals surface area contributed by atoms with Crippen molar-refractivity contribution >= 4 is 17.4 Å². The molecule has 8 nitrogen and oxygen atoms in total. The number of aryl methyl sites for hydroxylation is 2. The van der Waals surface area contributed by atoms with Gasteiger partial charge in [-0.3, -0.25) is 14.9 Å². The van der Waals surface area contributed by atoms with Gasteiger partial charge in [0.2, 0.25) is 0 Å². The van der Waals surface area contributed by atoms with Crippen molar-refractivity contribution in [1.29, 1.82) is 0 Å². The molecule has 27 heavy (non-hydrogen) atoms. The van der Waals surface area contributed by atoms with Crippen molar-refractivity contribution in [1.82, 2.24) is 9.78 Å². The van der Waals surface area contributed by atoms with Gasteiger partial charge < -0.3 is 10.1 Å². The molecule has 0 radical (unpaired) electrons. The second kappa shape index (κ2) is 7.69. The fraction of sp³-hybridized carbons (Fsp3) is 0.158. The van der Waals surface area contributed by atoms with E-state index in [9.17, 15) is 14.9 Å². The number of amides is 1. The molecule has 0 bridgehead atoms. The maximum absolute atomic E-state index is 12.2. The van der Waals surface area contributed by atoms with E-state index in [4.69, 9.17) is 4.74 Å². The Morgan fingerprint density at radius 2 is 1.81 bits per heavy atom. The number of nitro groups is 1. The van der Waals surface area contributed by atoms with Crippen LogP contribution in [0.25, 0.3) is 5.69 Å². The average molecular weight is 366 g/mol. The predicted octanol–water partition coefficient (Wildman–Crippen LogP) is 3.41. The number of nitro benzene ring substituents is 1. The Kier molecular flexibility index (Phi) is 5.16. The molecule has 0 aliphatic heterocycles. The Morgan fingerprint density at radius 1 is 1.15 bits per heavy atom. The van der Waals surface area contributed by atoms with Gasteiger partial charge in [0.1, 0.15) is 11.6 Å². The molecule has 1 aromatic heterocycles. The zero-order valence-corrected chi connectivity index (χ0v) is 14.9. The Morgan fingerprint density at radius 3 is 2.44 bits per heavy atom. The first-order chi connectivity index (χ1) is 12.9. The fourth-order valence-corrected chi connectivity index (χ4v) is 2.46. The van der Waals surface area contributed by atoms with Crippen molar-refractivity contribution in [3.8, 4) is 11.4 Å². The van der Waals surface area contributed by atoms with Crippen LogP contribution in [-0.2, 0) is 4.79 Å². The molecule has 0 saturated heterocycles. The highest BCUT2D eigenvalue weighted by molar-refractivity contribution is 5.91. The maximum Gasteiger partial charge on any atom is 0.269 e. The number of aromatic nitrogens is 2. The number of carbonyl (C=O) groups is 1. The molecular weight excluding hydrogens is 348 g/mol. The monoisotopic (exact) mass is 366 g/mol. The summed E-state index contributed by atoms with van der Waals surface area (Å²) in [7, 11) is 0. The third kappa shape index (κ3) is 4.49. The first-order valence-electron chi connectivity index (χ1n) is 8.23. The molecule has 138 valence electrons. The number of carbonyl (C=O) groups excluding carboxylic acids is 1. The number of hydrogen-bond acceptors (Lipinski definition) is 5. The van der Waals surface area contributed by atoms with E-state index in [-0.39, 0.29) is 18.2 Å². The zero-order valence-electron chi connectivity index (χ0n) is 14.9. The van der Waals surface area contributed by atoms with Gasteiger partial charge in [0.05, 0.1) is 16.3 Å². The number of rotatable bonds is 6. The van der Waals surface area contributed by atoms with Gasteiger partial charge in [-0.05, 0) is 38.1 Å². The Balaban J connectivity index is 1.66. The lowest BCUT2D eigenvalue weighted by atomic mass is 10.2. The van der Waals surface area contributed by atoms with E-state index in [0.717, 1.165) is 16.9 Å². The normalized spacial score (nSPS) is 10.4. The van der Waals surface area contributed by atoms with Crippen LogP contribution in [0.2, 0.25) is 0 Å². The molecule has 3 rings (SSSR count). The Labute approximate surface area is 155 Å². The van der Waals surface area contributed by atoms with Crippen molar-refractivity contribution in [3.05, 3.63) is 76.0 Å². The Hall–Kier alpha value is -3.68. The van der Waals surface area contributed by atoms with Crippen molar-refractivity contribution in [2.75, 3.05) is 11.9 Å². The van der Waals surface area contributed by atoms with Crippen LogP contribution in [0.15, 0.2) is 54.6 Å². The molecule has 1 amide bonds. The van der Waals surface area contributed by atoms with Gasteiger partial charge in [-0.15, -0.1) is 0 Å². The minimum atomic E-state index is -0.495. The molecule has 1 N–H and O–H groups in total. The van der Waals surface area contributed by atoms with Crippen LogP contribution < -0.4 is 10.1 Å². The molecule has 0 atom stereocenters. The number of nitrogens with zero attached hydrogens (tertiary/aromatic N) is 3. The van der Waals surface area contributed by atoms with Crippen molar-refractivity contribution in [2.24, 2.45) is 0 Å². The third-order valence-corrected chi connectivity index (χ3v) is 3.80. The summed E-state index contributed by atoms with van der Waals surface area (Å²) in [6, 6.07) is 15.1. The van der Waals surface area contributed by atoms with Crippen LogP contribution in [0, 0.1) is 24.0 Å². The van der Waals surface area contributed by atoms with Crippen LogP contribution >= 0.6 is 0 Å². The van der Waals surface area contributed by atoms with Gasteiger partial charge in [-0.2, -0.15) is 5.10 Å². The third-order valence-electron chi connectivity index (χ3n) is 3.80. The van der Waals surface area contributed by atoms with Gasteiger partial charge in [0.15, 0.2) is 6.61 Å². The second-order valence-electron chi connectivity index (χ2n) is 6.01. The first kappa shape index (κ1) is 18.1. The summed E-state index contributed by atoms with van der Waals surface area (Å²) in [6.07, 6.45) is 0. The quantitative estimate of drug-likeness (QED) is 0.532. The number of non-ortho nitro benzene ring substituents is 1. The van der Waals surface area contributed by atoms with Crippen LogP contribution in [0.5, 0.6) is 5.75 Å². The zero-order chi connectivity index (χ0) is 19.4.